The number of ether oxygens (including phenoxy) is 1. The van der Waals surface area contributed by atoms with Crippen LogP contribution in [0.2, 0.25) is 0 Å². The first-order valence-corrected chi connectivity index (χ1v) is 7.26. The minimum Gasteiger partial charge on any atom is -0.466 e. The maximum atomic E-state index is 11.8. The van der Waals surface area contributed by atoms with Crippen molar-refractivity contribution in [2.75, 3.05) is 33.4 Å². The number of hydrogen-bond donors (Lipinski definition) is 3. The molecule has 0 aromatic carbocycles. The predicted octanol–water partition coefficient (Wildman–Crippen LogP) is -0.0777. The van der Waals surface area contributed by atoms with Gasteiger partial charge in [-0.1, -0.05) is 0 Å². The predicted molar refractivity (Wildman–Crippen MR) is 80.9 cm³/mol. The van der Waals surface area contributed by atoms with E-state index < -0.39 is 0 Å². The number of likely N-dealkylation sites (tertiary alicyclic amines) is 1. The molecule has 5 N–H and O–H groups in total. The van der Waals surface area contributed by atoms with Crippen LogP contribution >= 0.6 is 15.9 Å². The third-order valence-electron chi connectivity index (χ3n) is 3.42. The summed E-state index contributed by atoms with van der Waals surface area (Å²) in [6.07, 6.45) is 3.81. The van der Waals surface area contributed by atoms with Gasteiger partial charge in [0.05, 0.1) is 12.7 Å². The molecule has 0 radical (unpaired) electrons. The molecular formula is C13H22BrN3O3. The third kappa shape index (κ3) is 4.90. The average molecular weight is 348 g/mol. The van der Waals surface area contributed by atoms with Gasteiger partial charge in [-0.05, 0) is 35.0 Å². The van der Waals surface area contributed by atoms with Crippen LogP contribution in [-0.4, -0.2) is 55.4 Å². The molecule has 1 aliphatic heterocycles. The van der Waals surface area contributed by atoms with E-state index in [1.54, 1.807) is 6.08 Å². The van der Waals surface area contributed by atoms with Gasteiger partial charge < -0.3 is 21.3 Å². The first-order valence-electron chi connectivity index (χ1n) is 6.46. The van der Waals surface area contributed by atoms with Crippen LogP contribution in [0, 0.1) is 5.92 Å². The summed E-state index contributed by atoms with van der Waals surface area (Å²) in [7, 11) is 1.35. The maximum absolute atomic E-state index is 11.8. The molecule has 20 heavy (non-hydrogen) atoms. The second-order valence-corrected chi connectivity index (χ2v) is 5.76. The molecule has 0 spiro atoms. The highest BCUT2D eigenvalue weighted by Crippen LogP contribution is 2.18. The zero-order chi connectivity index (χ0) is 15.1. The van der Waals surface area contributed by atoms with Crippen LogP contribution in [0.5, 0.6) is 0 Å². The first kappa shape index (κ1) is 17.2. The molecular weight excluding hydrogens is 326 g/mol. The monoisotopic (exact) mass is 347 g/mol. The van der Waals surface area contributed by atoms with Gasteiger partial charge in [-0.25, -0.2) is 4.79 Å². The van der Waals surface area contributed by atoms with Gasteiger partial charge in [0, 0.05) is 42.3 Å². The lowest BCUT2D eigenvalue weighted by Crippen LogP contribution is -2.49. The zero-order valence-electron chi connectivity index (χ0n) is 11.6. The topological polar surface area (TPSA) is 102 Å². The van der Waals surface area contributed by atoms with Crippen molar-refractivity contribution in [3.63, 3.8) is 0 Å². The molecule has 7 heteroatoms. The summed E-state index contributed by atoms with van der Waals surface area (Å²) in [6.45, 7) is 1.95. The molecule has 0 aromatic rings. The summed E-state index contributed by atoms with van der Waals surface area (Å²) >= 11 is 3.25. The van der Waals surface area contributed by atoms with Crippen LogP contribution in [0.1, 0.15) is 6.42 Å². The van der Waals surface area contributed by atoms with E-state index in [1.807, 2.05) is 0 Å². The Morgan fingerprint density at radius 1 is 1.60 bits per heavy atom. The van der Waals surface area contributed by atoms with Crippen molar-refractivity contribution in [1.29, 1.82) is 0 Å². The summed E-state index contributed by atoms with van der Waals surface area (Å²) in [4.78, 5) is 13.9. The Labute approximate surface area is 127 Å². The number of piperidine rings is 1. The van der Waals surface area contributed by atoms with E-state index in [0.29, 0.717) is 23.1 Å². The van der Waals surface area contributed by atoms with Gasteiger partial charge in [-0.2, -0.15) is 0 Å². The summed E-state index contributed by atoms with van der Waals surface area (Å²) in [5.41, 5.74) is 11.8. The fourth-order valence-electron chi connectivity index (χ4n) is 2.22. The molecule has 0 amide bonds. The number of methoxy groups -OCH3 is 1. The van der Waals surface area contributed by atoms with Crippen molar-refractivity contribution in [2.24, 2.45) is 17.4 Å². The third-order valence-corrected chi connectivity index (χ3v) is 3.92. The second-order valence-electron chi connectivity index (χ2n) is 4.84. The molecule has 0 saturated carbocycles. The van der Waals surface area contributed by atoms with E-state index in [-0.39, 0.29) is 24.5 Å². The fourth-order valence-corrected chi connectivity index (χ4v) is 2.49. The average Bonchev–Trinajstić information content (AvgIpc) is 2.47. The summed E-state index contributed by atoms with van der Waals surface area (Å²) < 4.78 is 5.39. The smallest absolute Gasteiger partial charge is 0.335 e. The number of aliphatic hydroxyl groups is 1. The number of allylic oxidation sites excluding steroid dienone is 2. The Kier molecular flexibility index (Phi) is 7.22. The molecule has 0 bridgehead atoms. The number of aliphatic hydroxyl groups excluding tert-OH is 1. The van der Waals surface area contributed by atoms with Gasteiger partial charge in [0.25, 0.3) is 0 Å². The van der Waals surface area contributed by atoms with Crippen LogP contribution < -0.4 is 11.5 Å². The number of carbonyl (C=O) groups excluding carboxylic acids is 1. The molecule has 6 nitrogen and oxygen atoms in total. The first-order chi connectivity index (χ1) is 9.51. The standard InChI is InChI=1S/C13H22BrN3O3/c1-20-13(19)9(4-11(14)5-15)6-17-3-2-12(16)10(7-17)8-18/h4-5,10,12,18H,2-3,6-8,15-16H2,1H3/b9-4+,11-5+. The summed E-state index contributed by atoms with van der Waals surface area (Å²) in [6, 6.07) is 0.0116. The number of nitrogens with two attached hydrogens (primary N) is 2. The van der Waals surface area contributed by atoms with Gasteiger partial charge in [0.15, 0.2) is 0 Å². The highest BCUT2D eigenvalue weighted by molar-refractivity contribution is 9.11. The minimum atomic E-state index is -0.390. The Bertz CT molecular complexity index is 398. The van der Waals surface area contributed by atoms with Gasteiger partial charge in [0.1, 0.15) is 0 Å². The molecule has 0 aliphatic carbocycles. The lowest BCUT2D eigenvalue weighted by atomic mass is 9.93. The Morgan fingerprint density at radius 2 is 2.30 bits per heavy atom. The number of esters is 1. The summed E-state index contributed by atoms with van der Waals surface area (Å²) in [5.74, 6) is -0.352. The van der Waals surface area contributed by atoms with E-state index in [4.69, 9.17) is 16.2 Å². The Balaban J connectivity index is 2.75. The lowest BCUT2D eigenvalue weighted by molar-refractivity contribution is -0.136. The highest BCUT2D eigenvalue weighted by atomic mass is 79.9. The molecule has 1 heterocycles. The Morgan fingerprint density at radius 3 is 2.85 bits per heavy atom. The molecule has 0 aromatic heterocycles. The molecule has 2 unspecified atom stereocenters. The molecule has 114 valence electrons. The number of nitrogens with zero attached hydrogens (tertiary/aromatic N) is 1. The second kappa shape index (κ2) is 8.41. The van der Waals surface area contributed by atoms with Gasteiger partial charge in [-0.15, -0.1) is 0 Å². The lowest BCUT2D eigenvalue weighted by Gasteiger charge is -2.36. The number of carbonyl (C=O) groups is 1. The molecule has 1 aliphatic rings. The minimum absolute atomic E-state index is 0.0116. The highest BCUT2D eigenvalue weighted by Gasteiger charge is 2.27. The quantitative estimate of drug-likeness (QED) is 0.365. The SMILES string of the molecule is COC(=O)/C(=C/C(Br)=C\N)CN1CCC(N)C(CO)C1. The van der Waals surface area contributed by atoms with E-state index >= 15 is 0 Å². The van der Waals surface area contributed by atoms with Crippen molar-refractivity contribution in [3.8, 4) is 0 Å². The normalized spacial score (nSPS) is 25.6. The number of halogens is 1. The van der Waals surface area contributed by atoms with Gasteiger partial charge >= 0.3 is 5.97 Å². The summed E-state index contributed by atoms with van der Waals surface area (Å²) in [5, 5.41) is 9.31. The van der Waals surface area contributed by atoms with E-state index in [9.17, 15) is 9.90 Å². The van der Waals surface area contributed by atoms with E-state index in [2.05, 4.69) is 20.8 Å². The molecule has 1 rings (SSSR count). The number of rotatable bonds is 5. The van der Waals surface area contributed by atoms with Crippen LogP contribution in [0.15, 0.2) is 22.3 Å². The van der Waals surface area contributed by atoms with Crippen LogP contribution in [0.3, 0.4) is 0 Å². The molecule has 1 saturated heterocycles. The van der Waals surface area contributed by atoms with Gasteiger partial charge in [0.2, 0.25) is 0 Å². The van der Waals surface area contributed by atoms with Crippen molar-refractivity contribution < 1.29 is 14.6 Å². The Hall–Kier alpha value is -0.890. The van der Waals surface area contributed by atoms with E-state index in [1.165, 1.54) is 13.3 Å². The van der Waals surface area contributed by atoms with Crippen LogP contribution in [0.25, 0.3) is 0 Å². The van der Waals surface area contributed by atoms with Crippen molar-refractivity contribution in [3.05, 3.63) is 22.3 Å². The van der Waals surface area contributed by atoms with E-state index in [0.717, 1.165) is 13.0 Å². The van der Waals surface area contributed by atoms with Crippen molar-refractivity contribution in [1.82, 2.24) is 4.90 Å². The van der Waals surface area contributed by atoms with Crippen LogP contribution in [-0.2, 0) is 9.53 Å². The zero-order valence-corrected chi connectivity index (χ0v) is 13.2. The van der Waals surface area contributed by atoms with Gasteiger partial charge in [-0.3, -0.25) is 4.90 Å². The molecule has 1 fully saturated rings. The fraction of sp³-hybridized carbons (Fsp3) is 0.615. The maximum Gasteiger partial charge on any atom is 0.335 e. The van der Waals surface area contributed by atoms with Crippen molar-refractivity contribution in [2.45, 2.75) is 12.5 Å². The number of hydrogen-bond acceptors (Lipinski definition) is 6. The molecule has 2 atom stereocenters. The largest absolute Gasteiger partial charge is 0.466 e. The van der Waals surface area contributed by atoms with Crippen molar-refractivity contribution >= 4 is 21.9 Å². The van der Waals surface area contributed by atoms with Crippen LogP contribution in [0.4, 0.5) is 0 Å².